The predicted octanol–water partition coefficient (Wildman–Crippen LogP) is 10.3. The van der Waals surface area contributed by atoms with Crippen molar-refractivity contribution in [2.24, 2.45) is 5.92 Å². The van der Waals surface area contributed by atoms with Crippen LogP contribution in [0.25, 0.3) is 0 Å². The summed E-state index contributed by atoms with van der Waals surface area (Å²) in [5, 5.41) is 0. The fourth-order valence-corrected chi connectivity index (χ4v) is 4.23. The van der Waals surface area contributed by atoms with E-state index < -0.39 is 0 Å². The Hall–Kier alpha value is -0.790. The Kier molecular flexibility index (Phi) is 25.8. The Morgan fingerprint density at radius 3 is 1.59 bits per heavy atom. The summed E-state index contributed by atoms with van der Waals surface area (Å²) in [5.41, 5.74) is 0. The number of hydrogen-bond acceptors (Lipinski definition) is 2. The molecule has 0 amide bonds. The topological polar surface area (TPSA) is 26.3 Å². The van der Waals surface area contributed by atoms with Crippen molar-refractivity contribution in [2.75, 3.05) is 6.61 Å². The molecule has 0 saturated carbocycles. The number of rotatable bonds is 25. The normalized spacial score (nSPS) is 12.5. The van der Waals surface area contributed by atoms with Gasteiger partial charge in [-0.25, -0.2) is 0 Å². The maximum absolute atomic E-state index is 11.9. The minimum Gasteiger partial charge on any atom is -0.465 e. The smallest absolute Gasteiger partial charge is 0.305 e. The second-order valence-corrected chi connectivity index (χ2v) is 9.85. The summed E-state index contributed by atoms with van der Waals surface area (Å²) >= 11 is 0. The van der Waals surface area contributed by atoms with Gasteiger partial charge in [-0.15, -0.1) is 0 Å². The molecule has 0 aromatic heterocycles. The lowest BCUT2D eigenvalue weighted by molar-refractivity contribution is -0.145. The zero-order chi connectivity index (χ0) is 23.5. The highest BCUT2D eigenvalue weighted by Crippen LogP contribution is 2.15. The Bertz CT molecular complexity index is 402. The van der Waals surface area contributed by atoms with Crippen molar-refractivity contribution < 1.29 is 9.53 Å². The van der Waals surface area contributed by atoms with Gasteiger partial charge in [0.1, 0.15) is 0 Å². The van der Waals surface area contributed by atoms with Gasteiger partial charge >= 0.3 is 5.97 Å². The van der Waals surface area contributed by atoms with Crippen molar-refractivity contribution in [1.82, 2.24) is 0 Å². The Morgan fingerprint density at radius 1 is 0.625 bits per heavy atom. The van der Waals surface area contributed by atoms with E-state index in [4.69, 9.17) is 4.74 Å². The molecule has 0 radical (unpaired) electrons. The number of hydrogen-bond donors (Lipinski definition) is 0. The number of unbranched alkanes of at least 4 members (excludes halogenated alkanes) is 16. The van der Waals surface area contributed by atoms with Crippen LogP contribution in [0.4, 0.5) is 0 Å². The molecule has 0 aliphatic rings. The highest BCUT2D eigenvalue weighted by atomic mass is 16.5. The summed E-state index contributed by atoms with van der Waals surface area (Å²) in [6.45, 7) is 7.33. The maximum Gasteiger partial charge on any atom is 0.305 e. The van der Waals surface area contributed by atoms with E-state index in [-0.39, 0.29) is 5.97 Å². The van der Waals surface area contributed by atoms with Crippen molar-refractivity contribution in [2.45, 2.75) is 162 Å². The Morgan fingerprint density at radius 2 is 1.09 bits per heavy atom. The molecule has 0 N–H and O–H groups in total. The van der Waals surface area contributed by atoms with Gasteiger partial charge in [-0.3, -0.25) is 4.79 Å². The van der Waals surface area contributed by atoms with Crippen LogP contribution in [0.2, 0.25) is 0 Å². The average molecular weight is 451 g/mol. The molecule has 2 heteroatoms. The van der Waals surface area contributed by atoms with Gasteiger partial charge in [-0.2, -0.15) is 0 Å². The first-order valence-electron chi connectivity index (χ1n) is 14.5. The molecule has 32 heavy (non-hydrogen) atoms. The van der Waals surface area contributed by atoms with Gasteiger partial charge in [0.25, 0.3) is 0 Å². The largest absolute Gasteiger partial charge is 0.465 e. The maximum atomic E-state index is 11.9. The lowest BCUT2D eigenvalue weighted by Gasteiger charge is -2.14. The van der Waals surface area contributed by atoms with Crippen LogP contribution < -0.4 is 0 Å². The van der Waals surface area contributed by atoms with Crippen LogP contribution in [0, 0.1) is 5.92 Å². The van der Waals surface area contributed by atoms with Crippen molar-refractivity contribution in [3.8, 4) is 0 Å². The molecule has 0 aromatic carbocycles. The third-order valence-electron chi connectivity index (χ3n) is 6.67. The summed E-state index contributed by atoms with van der Waals surface area (Å²) < 4.78 is 5.49. The first-order chi connectivity index (χ1) is 15.7. The molecule has 1 unspecified atom stereocenters. The van der Waals surface area contributed by atoms with Crippen LogP contribution in [-0.4, -0.2) is 12.6 Å². The molecule has 0 heterocycles. The lowest BCUT2D eigenvalue weighted by atomic mass is 10.0. The van der Waals surface area contributed by atoms with Crippen LogP contribution in [0.15, 0.2) is 12.2 Å². The molecule has 0 aromatic rings. The molecule has 0 rings (SSSR count). The predicted molar refractivity (Wildman–Crippen MR) is 142 cm³/mol. The molecule has 0 saturated heterocycles. The lowest BCUT2D eigenvalue weighted by Crippen LogP contribution is -2.13. The molecule has 2 nitrogen and oxygen atoms in total. The van der Waals surface area contributed by atoms with Crippen LogP contribution in [0.5, 0.6) is 0 Å². The molecule has 0 aliphatic heterocycles. The summed E-state index contributed by atoms with van der Waals surface area (Å²) in [6, 6.07) is 0. The number of allylic oxidation sites excluding steroid dienone is 2. The quantitative estimate of drug-likeness (QED) is 0.0785. The molecular formula is C30H58O2. The third kappa shape index (κ3) is 23.9. The van der Waals surface area contributed by atoms with Crippen molar-refractivity contribution in [3.05, 3.63) is 12.2 Å². The minimum atomic E-state index is 0.0148. The van der Waals surface area contributed by atoms with E-state index in [1.54, 1.807) is 0 Å². The Labute approximate surface area is 202 Å². The zero-order valence-corrected chi connectivity index (χ0v) is 22.3. The average Bonchev–Trinajstić information content (AvgIpc) is 2.80. The van der Waals surface area contributed by atoms with Gasteiger partial charge in [-0.1, -0.05) is 129 Å². The van der Waals surface area contributed by atoms with Gasteiger partial charge in [0, 0.05) is 6.42 Å². The van der Waals surface area contributed by atoms with Crippen molar-refractivity contribution in [1.29, 1.82) is 0 Å². The van der Waals surface area contributed by atoms with Gasteiger partial charge in [0.2, 0.25) is 0 Å². The molecule has 0 bridgehead atoms. The highest BCUT2D eigenvalue weighted by Gasteiger charge is 2.09. The first-order valence-corrected chi connectivity index (χ1v) is 14.5. The van der Waals surface area contributed by atoms with Crippen molar-refractivity contribution in [3.63, 3.8) is 0 Å². The second kappa shape index (κ2) is 26.5. The molecule has 190 valence electrons. The fourth-order valence-electron chi connectivity index (χ4n) is 4.23. The van der Waals surface area contributed by atoms with Gasteiger partial charge < -0.3 is 4.74 Å². The number of carbonyl (C=O) groups excluding carboxylic acids is 1. The molecule has 1 atom stereocenters. The monoisotopic (exact) mass is 450 g/mol. The second-order valence-electron chi connectivity index (χ2n) is 9.85. The van der Waals surface area contributed by atoms with Crippen LogP contribution in [0.1, 0.15) is 162 Å². The summed E-state index contributed by atoms with van der Waals surface area (Å²) in [7, 11) is 0. The van der Waals surface area contributed by atoms with Gasteiger partial charge in [0.05, 0.1) is 6.61 Å². The van der Waals surface area contributed by atoms with Crippen LogP contribution in [-0.2, 0) is 9.53 Å². The summed E-state index contributed by atoms with van der Waals surface area (Å²) in [6.07, 6.45) is 32.7. The molecular weight excluding hydrogens is 392 g/mol. The van der Waals surface area contributed by atoms with Gasteiger partial charge in [0.15, 0.2) is 0 Å². The number of ether oxygens (including phenoxy) is 1. The number of esters is 1. The van der Waals surface area contributed by atoms with E-state index in [9.17, 15) is 4.79 Å². The minimum absolute atomic E-state index is 0.0148. The summed E-state index contributed by atoms with van der Waals surface area (Å²) in [5.74, 6) is 0.570. The van der Waals surface area contributed by atoms with Crippen molar-refractivity contribution >= 4 is 5.97 Å². The van der Waals surface area contributed by atoms with E-state index in [1.165, 1.54) is 122 Å². The van der Waals surface area contributed by atoms with Gasteiger partial charge in [-0.05, 0) is 44.4 Å². The molecule has 0 spiro atoms. The SMILES string of the molecule is CCCCCCCC/C=C\CCCCCCCCCCCC(=O)OCC(CC)CCCC. The van der Waals surface area contributed by atoms with E-state index in [0.717, 1.165) is 12.8 Å². The number of carbonyl (C=O) groups is 1. The van der Waals surface area contributed by atoms with E-state index in [1.807, 2.05) is 0 Å². The standard InChI is InChI=1S/C30H58O2/c1-4-7-9-10-11-12-13-14-15-16-17-18-19-20-21-22-23-24-25-27-30(31)32-28-29(6-3)26-8-5-2/h14-15,29H,4-13,16-28H2,1-3H3/b15-14-. The fraction of sp³-hybridized carbons (Fsp3) is 0.900. The van der Waals surface area contributed by atoms with Crippen LogP contribution >= 0.6 is 0 Å². The van der Waals surface area contributed by atoms with E-state index in [2.05, 4.69) is 32.9 Å². The first kappa shape index (κ1) is 31.2. The highest BCUT2D eigenvalue weighted by molar-refractivity contribution is 5.69. The molecule has 0 fully saturated rings. The third-order valence-corrected chi connectivity index (χ3v) is 6.67. The van der Waals surface area contributed by atoms with Crippen LogP contribution in [0.3, 0.4) is 0 Å². The zero-order valence-electron chi connectivity index (χ0n) is 22.3. The Balaban J connectivity index is 3.29. The molecule has 0 aliphatic carbocycles. The van der Waals surface area contributed by atoms with E-state index >= 15 is 0 Å². The van der Waals surface area contributed by atoms with E-state index in [0.29, 0.717) is 18.9 Å². The summed E-state index contributed by atoms with van der Waals surface area (Å²) in [4.78, 5) is 11.9.